The third kappa shape index (κ3) is 1.73. The lowest BCUT2D eigenvalue weighted by atomic mass is 9.49. The molecule has 0 aliphatic heterocycles. The second-order valence-corrected chi connectivity index (χ2v) is 8.63. The van der Waals surface area contributed by atoms with Gasteiger partial charge in [0.2, 0.25) is 0 Å². The lowest BCUT2D eigenvalue weighted by molar-refractivity contribution is -0.00733. The van der Waals surface area contributed by atoms with Gasteiger partial charge in [0.25, 0.3) is 0 Å². The second-order valence-electron chi connectivity index (χ2n) is 7.88. The Balaban J connectivity index is 1.68. The second kappa shape index (κ2) is 4.13. The molecular weight excluding hydrogens is 324 g/mol. The van der Waals surface area contributed by atoms with Crippen LogP contribution in [0.3, 0.4) is 0 Å². The summed E-state index contributed by atoms with van der Waals surface area (Å²) in [4.78, 5) is 5.08. The number of rotatable bonds is 1. The van der Waals surface area contributed by atoms with Crippen molar-refractivity contribution in [3.05, 3.63) is 34.2 Å². The van der Waals surface area contributed by atoms with E-state index in [1.54, 1.807) is 0 Å². The average Bonchev–Trinajstić information content (AvgIpc) is 2.74. The van der Waals surface area contributed by atoms with E-state index in [1.165, 1.54) is 54.4 Å². The van der Waals surface area contributed by atoms with E-state index in [0.29, 0.717) is 5.41 Å². The maximum Gasteiger partial charge on any atom is 0.138 e. The molecule has 0 unspecified atom stereocenters. The summed E-state index contributed by atoms with van der Waals surface area (Å²) in [6.45, 7) is 2.15. The molecule has 110 valence electrons. The van der Waals surface area contributed by atoms with Crippen molar-refractivity contribution < 1.29 is 0 Å². The summed E-state index contributed by atoms with van der Waals surface area (Å²) in [6, 6.07) is 4.37. The molecule has 0 aromatic carbocycles. The molecule has 2 heterocycles. The SMILES string of the molecule is Cc1ccn2c(Br)c(C34CC5CC(CC(C5)C3)C4)nc2c1. The zero-order valence-electron chi connectivity index (χ0n) is 12.5. The van der Waals surface area contributed by atoms with Crippen LogP contribution in [0.1, 0.15) is 49.8 Å². The number of fused-ring (bicyclic) bond motifs is 1. The Labute approximate surface area is 134 Å². The molecule has 4 saturated carbocycles. The average molecular weight is 345 g/mol. The predicted octanol–water partition coefficient (Wildman–Crippen LogP) is 4.87. The van der Waals surface area contributed by atoms with Crippen LogP contribution in [0, 0.1) is 24.7 Å². The van der Waals surface area contributed by atoms with Crippen LogP contribution in [0.2, 0.25) is 0 Å². The molecule has 0 amide bonds. The van der Waals surface area contributed by atoms with Crippen LogP contribution in [0.15, 0.2) is 22.9 Å². The van der Waals surface area contributed by atoms with Gasteiger partial charge in [-0.15, -0.1) is 0 Å². The van der Waals surface area contributed by atoms with E-state index in [0.717, 1.165) is 23.4 Å². The smallest absolute Gasteiger partial charge is 0.138 e. The highest BCUT2D eigenvalue weighted by Crippen LogP contribution is 2.61. The van der Waals surface area contributed by atoms with E-state index in [1.807, 2.05) is 0 Å². The van der Waals surface area contributed by atoms with Crippen molar-refractivity contribution in [2.45, 2.75) is 50.9 Å². The van der Waals surface area contributed by atoms with Crippen LogP contribution in [0.4, 0.5) is 0 Å². The first kappa shape index (κ1) is 12.7. The van der Waals surface area contributed by atoms with Crippen LogP contribution >= 0.6 is 15.9 Å². The molecule has 4 aliphatic carbocycles. The van der Waals surface area contributed by atoms with Crippen molar-refractivity contribution >= 4 is 21.6 Å². The van der Waals surface area contributed by atoms with Gasteiger partial charge in [0.05, 0.1) is 5.69 Å². The van der Waals surface area contributed by atoms with Gasteiger partial charge in [-0.2, -0.15) is 0 Å². The van der Waals surface area contributed by atoms with Crippen LogP contribution in [-0.2, 0) is 5.41 Å². The number of aromatic nitrogens is 2. The molecule has 6 rings (SSSR count). The first-order valence-corrected chi connectivity index (χ1v) is 9.07. The van der Waals surface area contributed by atoms with E-state index in [-0.39, 0.29) is 0 Å². The summed E-state index contributed by atoms with van der Waals surface area (Å²) >= 11 is 3.87. The topological polar surface area (TPSA) is 17.3 Å². The molecule has 0 radical (unpaired) electrons. The molecule has 0 N–H and O–H groups in total. The number of nitrogens with zero attached hydrogens (tertiary/aromatic N) is 2. The summed E-state index contributed by atoms with van der Waals surface area (Å²) < 4.78 is 3.43. The fraction of sp³-hybridized carbons (Fsp3) is 0.611. The molecule has 21 heavy (non-hydrogen) atoms. The van der Waals surface area contributed by atoms with Crippen molar-refractivity contribution in [1.82, 2.24) is 9.38 Å². The number of imidazole rings is 1. The molecule has 4 bridgehead atoms. The highest BCUT2D eigenvalue weighted by Gasteiger charge is 2.53. The summed E-state index contributed by atoms with van der Waals surface area (Å²) in [5.41, 5.74) is 4.12. The van der Waals surface area contributed by atoms with Gasteiger partial charge in [0.15, 0.2) is 0 Å². The van der Waals surface area contributed by atoms with Crippen molar-refractivity contribution in [2.75, 3.05) is 0 Å². The maximum atomic E-state index is 5.08. The predicted molar refractivity (Wildman–Crippen MR) is 87.5 cm³/mol. The van der Waals surface area contributed by atoms with Gasteiger partial charge < -0.3 is 0 Å². The van der Waals surface area contributed by atoms with Gasteiger partial charge in [0.1, 0.15) is 10.3 Å². The summed E-state index contributed by atoms with van der Waals surface area (Å²) in [5, 5.41) is 0. The Kier molecular flexibility index (Phi) is 2.49. The van der Waals surface area contributed by atoms with Gasteiger partial charge in [-0.3, -0.25) is 4.40 Å². The molecule has 2 aromatic rings. The number of hydrogen-bond acceptors (Lipinski definition) is 1. The van der Waals surface area contributed by atoms with Gasteiger partial charge in [0, 0.05) is 11.6 Å². The van der Waals surface area contributed by atoms with E-state index >= 15 is 0 Å². The first-order valence-electron chi connectivity index (χ1n) is 8.28. The van der Waals surface area contributed by atoms with E-state index in [9.17, 15) is 0 Å². The molecule has 3 heteroatoms. The van der Waals surface area contributed by atoms with Gasteiger partial charge >= 0.3 is 0 Å². The molecular formula is C18H21BrN2. The van der Waals surface area contributed by atoms with E-state index < -0.39 is 0 Å². The maximum absolute atomic E-state index is 5.08. The highest BCUT2D eigenvalue weighted by molar-refractivity contribution is 9.10. The standard InChI is InChI=1S/C18H21BrN2/c1-11-2-3-21-15(4-11)20-16(17(21)19)18-8-12-5-13(9-18)7-14(6-12)10-18/h2-4,12-14H,5-10H2,1H3. The van der Waals surface area contributed by atoms with Crippen LogP contribution < -0.4 is 0 Å². The fourth-order valence-electron chi connectivity index (χ4n) is 5.85. The minimum Gasteiger partial charge on any atom is -0.294 e. The molecule has 4 aliphatic rings. The van der Waals surface area contributed by atoms with Crippen molar-refractivity contribution in [1.29, 1.82) is 0 Å². The van der Waals surface area contributed by atoms with Crippen LogP contribution in [0.5, 0.6) is 0 Å². The Morgan fingerprint density at radius 2 is 1.76 bits per heavy atom. The lowest BCUT2D eigenvalue weighted by Crippen LogP contribution is -2.48. The molecule has 2 nitrogen and oxygen atoms in total. The van der Waals surface area contributed by atoms with Crippen molar-refractivity contribution in [3.8, 4) is 0 Å². The van der Waals surface area contributed by atoms with E-state index in [2.05, 4.69) is 45.6 Å². The van der Waals surface area contributed by atoms with Crippen LogP contribution in [-0.4, -0.2) is 9.38 Å². The summed E-state index contributed by atoms with van der Waals surface area (Å²) in [6.07, 6.45) is 10.8. The number of hydrogen-bond donors (Lipinski definition) is 0. The van der Waals surface area contributed by atoms with E-state index in [4.69, 9.17) is 4.98 Å². The number of pyridine rings is 1. The zero-order valence-corrected chi connectivity index (χ0v) is 14.1. The minimum absolute atomic E-state index is 0.369. The Hall–Kier alpha value is -0.830. The quantitative estimate of drug-likeness (QED) is 0.721. The number of halogens is 1. The normalized spacial score (nSPS) is 37.5. The third-order valence-electron chi connectivity index (χ3n) is 6.26. The van der Waals surface area contributed by atoms with Crippen molar-refractivity contribution in [2.24, 2.45) is 17.8 Å². The highest BCUT2D eigenvalue weighted by atomic mass is 79.9. The zero-order chi connectivity index (χ0) is 14.2. The molecule has 0 spiro atoms. The number of aryl methyl sites for hydroxylation is 1. The third-order valence-corrected chi connectivity index (χ3v) is 7.02. The van der Waals surface area contributed by atoms with Crippen LogP contribution in [0.25, 0.3) is 5.65 Å². The Bertz CT molecular complexity index is 695. The Morgan fingerprint density at radius 1 is 1.14 bits per heavy atom. The van der Waals surface area contributed by atoms with Crippen molar-refractivity contribution in [3.63, 3.8) is 0 Å². The largest absolute Gasteiger partial charge is 0.294 e. The van der Waals surface area contributed by atoms with Gasteiger partial charge in [-0.25, -0.2) is 4.98 Å². The molecule has 0 saturated heterocycles. The fourth-order valence-corrected chi connectivity index (χ4v) is 6.66. The lowest BCUT2D eigenvalue weighted by Gasteiger charge is -2.56. The summed E-state index contributed by atoms with van der Waals surface area (Å²) in [7, 11) is 0. The monoisotopic (exact) mass is 344 g/mol. The molecule has 2 aromatic heterocycles. The molecule has 0 atom stereocenters. The van der Waals surface area contributed by atoms with Gasteiger partial charge in [-0.1, -0.05) is 0 Å². The minimum atomic E-state index is 0.369. The van der Waals surface area contributed by atoms with Gasteiger partial charge in [-0.05, 0) is 96.8 Å². The molecule has 4 fully saturated rings. The Morgan fingerprint density at radius 3 is 2.38 bits per heavy atom. The summed E-state index contributed by atoms with van der Waals surface area (Å²) in [5.74, 6) is 2.90. The first-order chi connectivity index (χ1) is 10.1.